The van der Waals surface area contributed by atoms with Crippen LogP contribution in [-0.4, -0.2) is 165 Å². The van der Waals surface area contributed by atoms with Gasteiger partial charge in [0.1, 0.15) is 67.1 Å². The van der Waals surface area contributed by atoms with E-state index in [2.05, 4.69) is 9.50 Å². The number of nitrogens with one attached hydrogen (secondary N) is 1. The first-order valence-electron chi connectivity index (χ1n) is 12.1. The average Bonchev–Trinajstić information content (AvgIpc) is 2.87. The Hall–Kier alpha value is -0.180. The van der Waals surface area contributed by atoms with Crippen molar-refractivity contribution in [3.8, 4) is 0 Å². The minimum atomic E-state index is -5.50. The SMILES string of the molecule is CC(=O)N[C@H]1C(O)O[C@H](CO)[C@@H](O[C@@H]2O[C@@H](C)[C@@H](O)[C@@H](O)[C@@H]2O)[C@@H]1O[C@@H]1O[C@H](CO)[C@H](O)[C@H](OS(=O)(=O)[O-])[C@H]1O.[Na+]. The van der Waals surface area contributed by atoms with Gasteiger partial charge < -0.3 is 74.4 Å². The smallest absolute Gasteiger partial charge is 0.726 e. The van der Waals surface area contributed by atoms with Crippen molar-refractivity contribution in [3.05, 3.63) is 0 Å². The molecule has 3 aliphatic rings. The quantitative estimate of drug-likeness (QED) is 0.0648. The first-order chi connectivity index (χ1) is 18.6. The first-order valence-corrected chi connectivity index (χ1v) is 13.4. The third-order valence-corrected chi connectivity index (χ3v) is 7.12. The van der Waals surface area contributed by atoms with E-state index in [0.29, 0.717) is 0 Å². The van der Waals surface area contributed by atoms with E-state index in [0.717, 1.165) is 6.92 Å². The molecule has 3 heterocycles. The fourth-order valence-electron chi connectivity index (χ4n) is 4.63. The number of ether oxygens (including phenoxy) is 5. The maximum atomic E-state index is 11.9. The van der Waals surface area contributed by atoms with Crippen molar-refractivity contribution in [2.45, 2.75) is 106 Å². The molecule has 21 heteroatoms. The number of amides is 1. The van der Waals surface area contributed by atoms with E-state index in [9.17, 15) is 58.6 Å². The van der Waals surface area contributed by atoms with E-state index in [1.54, 1.807) is 0 Å². The predicted octanol–water partition coefficient (Wildman–Crippen LogP) is -9.91. The molecule has 15 atom stereocenters. The Balaban J connectivity index is 0.00000588. The van der Waals surface area contributed by atoms with Gasteiger partial charge in [-0.25, -0.2) is 8.42 Å². The van der Waals surface area contributed by atoms with Gasteiger partial charge in [-0.05, 0) is 6.92 Å². The van der Waals surface area contributed by atoms with Crippen LogP contribution in [0.15, 0.2) is 0 Å². The number of carbonyl (C=O) groups excluding carboxylic acids is 1. The summed E-state index contributed by atoms with van der Waals surface area (Å²) in [5.74, 6) is -0.740. The van der Waals surface area contributed by atoms with Crippen molar-refractivity contribution in [2.75, 3.05) is 13.2 Å². The summed E-state index contributed by atoms with van der Waals surface area (Å²) < 4.78 is 65.3. The van der Waals surface area contributed by atoms with E-state index in [-0.39, 0.29) is 29.6 Å². The zero-order valence-electron chi connectivity index (χ0n) is 22.1. The number of carbonyl (C=O) groups is 1. The van der Waals surface area contributed by atoms with Crippen LogP contribution < -0.4 is 34.9 Å². The van der Waals surface area contributed by atoms with Crippen LogP contribution in [0.4, 0.5) is 0 Å². The maximum Gasteiger partial charge on any atom is 1.00 e. The fraction of sp³-hybridized carbons (Fsp3) is 0.950. The van der Waals surface area contributed by atoms with Gasteiger partial charge in [0.2, 0.25) is 16.3 Å². The molecule has 0 bridgehead atoms. The van der Waals surface area contributed by atoms with Gasteiger partial charge in [-0.1, -0.05) is 0 Å². The third-order valence-electron chi connectivity index (χ3n) is 6.66. The summed E-state index contributed by atoms with van der Waals surface area (Å²) in [6, 6.07) is -1.57. The van der Waals surface area contributed by atoms with E-state index >= 15 is 0 Å². The van der Waals surface area contributed by atoms with Gasteiger partial charge >= 0.3 is 29.6 Å². The molecule has 1 amide bonds. The zero-order valence-corrected chi connectivity index (χ0v) is 25.0. The van der Waals surface area contributed by atoms with Crippen LogP contribution in [0.25, 0.3) is 0 Å². The monoisotopic (exact) mass is 631 g/mol. The molecule has 0 radical (unpaired) electrons. The predicted molar refractivity (Wildman–Crippen MR) is 120 cm³/mol. The normalized spacial score (nSPS) is 45.5. The van der Waals surface area contributed by atoms with Crippen LogP contribution in [-0.2, 0) is 43.1 Å². The van der Waals surface area contributed by atoms with Crippen LogP contribution in [0.1, 0.15) is 13.8 Å². The molecule has 19 nitrogen and oxygen atoms in total. The summed E-state index contributed by atoms with van der Waals surface area (Å²) >= 11 is 0. The molecule has 9 N–H and O–H groups in total. The van der Waals surface area contributed by atoms with Crippen molar-refractivity contribution in [2.24, 2.45) is 0 Å². The van der Waals surface area contributed by atoms with Gasteiger partial charge in [-0.3, -0.25) is 8.98 Å². The number of aliphatic hydroxyl groups excluding tert-OH is 8. The van der Waals surface area contributed by atoms with Gasteiger partial charge in [-0.15, -0.1) is 0 Å². The van der Waals surface area contributed by atoms with Crippen LogP contribution in [0.5, 0.6) is 0 Å². The molecule has 3 fully saturated rings. The summed E-state index contributed by atoms with van der Waals surface area (Å²) in [6.07, 6.45) is -24.8. The second-order valence-corrected chi connectivity index (χ2v) is 10.5. The third kappa shape index (κ3) is 8.72. The van der Waals surface area contributed by atoms with E-state index in [1.165, 1.54) is 6.92 Å². The molecule has 3 rings (SSSR count). The van der Waals surface area contributed by atoms with Crippen molar-refractivity contribution < 1.29 is 116 Å². The van der Waals surface area contributed by atoms with Gasteiger partial charge in [0, 0.05) is 6.92 Å². The molecule has 0 aromatic carbocycles. The number of rotatable bonds is 9. The van der Waals surface area contributed by atoms with E-state index in [4.69, 9.17) is 23.7 Å². The van der Waals surface area contributed by atoms with E-state index in [1.807, 2.05) is 0 Å². The second kappa shape index (κ2) is 15.2. The molecule has 3 aliphatic heterocycles. The Morgan fingerprint density at radius 2 is 1.37 bits per heavy atom. The van der Waals surface area contributed by atoms with Gasteiger partial charge in [0.15, 0.2) is 18.9 Å². The van der Waals surface area contributed by atoms with Crippen LogP contribution in [0, 0.1) is 0 Å². The second-order valence-electron chi connectivity index (χ2n) is 9.53. The standard InChI is InChI=1S/C20H35NO18S.Na/c1-5-10(25)12(27)13(28)19(34-5)37-15-8(4-23)35-18(30)9(21-6(2)24)16(15)38-20-14(29)17(39-40(31,32)33)11(26)7(3-22)36-20;/h5,7-20,22-23,25-30H,3-4H2,1-2H3,(H,21,24)(H,31,32,33);/q;+1/p-1/t5-,7+,8+,9+,10+,11-,12+,13-,14+,15+,16+,17-,18?,19-,20-;/m0./s1. The molecule has 0 spiro atoms. The molecule has 0 aromatic heterocycles. The molecular weight excluding hydrogens is 597 g/mol. The Morgan fingerprint density at radius 3 is 1.90 bits per heavy atom. The maximum absolute atomic E-state index is 11.9. The Bertz CT molecular complexity index is 962. The summed E-state index contributed by atoms with van der Waals surface area (Å²) in [5, 5.41) is 83.9. The minimum Gasteiger partial charge on any atom is -0.726 e. The first kappa shape index (κ1) is 37.0. The Morgan fingerprint density at radius 1 is 0.805 bits per heavy atom. The average molecular weight is 632 g/mol. The summed E-state index contributed by atoms with van der Waals surface area (Å²) in [7, 11) is -5.50. The van der Waals surface area contributed by atoms with Crippen molar-refractivity contribution in [1.82, 2.24) is 5.32 Å². The molecule has 41 heavy (non-hydrogen) atoms. The zero-order chi connectivity index (χ0) is 30.1. The molecule has 234 valence electrons. The van der Waals surface area contributed by atoms with Crippen LogP contribution in [0.2, 0.25) is 0 Å². The van der Waals surface area contributed by atoms with Crippen molar-refractivity contribution in [3.63, 3.8) is 0 Å². The van der Waals surface area contributed by atoms with Crippen LogP contribution in [0.3, 0.4) is 0 Å². The van der Waals surface area contributed by atoms with Gasteiger partial charge in [-0.2, -0.15) is 0 Å². The van der Waals surface area contributed by atoms with Crippen molar-refractivity contribution >= 4 is 16.3 Å². The Kier molecular flexibility index (Phi) is 13.7. The summed E-state index contributed by atoms with van der Waals surface area (Å²) in [6.45, 7) is 0.561. The molecule has 0 aliphatic carbocycles. The molecule has 0 aromatic rings. The number of hydrogen-bond donors (Lipinski definition) is 9. The fourth-order valence-corrected chi connectivity index (χ4v) is 5.13. The van der Waals surface area contributed by atoms with Gasteiger partial charge in [0.05, 0.1) is 19.3 Å². The van der Waals surface area contributed by atoms with Gasteiger partial charge in [0.25, 0.3) is 0 Å². The minimum absolute atomic E-state index is 0. The number of hydrogen-bond acceptors (Lipinski definition) is 18. The summed E-state index contributed by atoms with van der Waals surface area (Å²) in [4.78, 5) is 11.9. The Labute approximate surface area is 256 Å². The molecule has 0 saturated carbocycles. The largest absolute Gasteiger partial charge is 1.00 e. The van der Waals surface area contributed by atoms with Crippen LogP contribution >= 0.6 is 0 Å². The van der Waals surface area contributed by atoms with E-state index < -0.39 is 122 Å². The molecular formula is C20H34NNaO18S. The molecule has 3 saturated heterocycles. The summed E-state index contributed by atoms with van der Waals surface area (Å²) in [5.41, 5.74) is 0. The van der Waals surface area contributed by atoms with Crippen molar-refractivity contribution in [1.29, 1.82) is 0 Å². The molecule has 1 unspecified atom stereocenters. The number of aliphatic hydroxyl groups is 8. The topological polar surface area (TPSA) is 304 Å².